The summed E-state index contributed by atoms with van der Waals surface area (Å²) in [7, 11) is 0. The van der Waals surface area contributed by atoms with Crippen LogP contribution in [0.4, 0.5) is 0 Å². The lowest BCUT2D eigenvalue weighted by Crippen LogP contribution is -2.01. The van der Waals surface area contributed by atoms with Crippen LogP contribution in [0.25, 0.3) is 22.9 Å². The summed E-state index contributed by atoms with van der Waals surface area (Å²) < 4.78 is 10.2. The molecule has 4 heteroatoms. The average molecular weight is 239 g/mol. The van der Waals surface area contributed by atoms with Gasteiger partial charge in [0, 0.05) is 5.56 Å². The summed E-state index contributed by atoms with van der Waals surface area (Å²) in [5.41, 5.74) is 0.978. The lowest BCUT2D eigenvalue weighted by atomic mass is 10.1. The highest BCUT2D eigenvalue weighted by atomic mass is 16.4. The van der Waals surface area contributed by atoms with Crippen LogP contribution in [-0.2, 0) is 0 Å². The molecule has 0 saturated carbocycles. The van der Waals surface area contributed by atoms with Crippen LogP contribution in [0.15, 0.2) is 68.4 Å². The summed E-state index contributed by atoms with van der Waals surface area (Å²) >= 11 is 0. The van der Waals surface area contributed by atoms with Gasteiger partial charge in [0.2, 0.25) is 0 Å². The summed E-state index contributed by atoms with van der Waals surface area (Å²) in [6.07, 6.45) is 1.51. The van der Waals surface area contributed by atoms with Crippen molar-refractivity contribution >= 4 is 0 Å². The van der Waals surface area contributed by atoms with Gasteiger partial charge in [-0.15, -0.1) is 0 Å². The van der Waals surface area contributed by atoms with Crippen molar-refractivity contribution in [1.82, 2.24) is 4.98 Å². The second-order valence-electron chi connectivity index (χ2n) is 3.71. The maximum Gasteiger partial charge on any atom is 0.339 e. The molecule has 0 aliphatic rings. The third-order valence-electron chi connectivity index (χ3n) is 2.48. The predicted molar refractivity (Wildman–Crippen MR) is 65.9 cm³/mol. The molecule has 18 heavy (non-hydrogen) atoms. The van der Waals surface area contributed by atoms with E-state index >= 15 is 0 Å². The Kier molecular flexibility index (Phi) is 2.53. The summed E-state index contributed by atoms with van der Waals surface area (Å²) in [5, 5.41) is 0. The van der Waals surface area contributed by atoms with Crippen molar-refractivity contribution in [2.45, 2.75) is 0 Å². The molecule has 0 spiro atoms. The van der Waals surface area contributed by atoms with Gasteiger partial charge in [-0.25, -0.2) is 9.78 Å². The highest BCUT2D eigenvalue weighted by Gasteiger charge is 2.09. The Bertz CT molecular complexity index is 699. The van der Waals surface area contributed by atoms with Crippen molar-refractivity contribution in [3.8, 4) is 22.9 Å². The van der Waals surface area contributed by atoms with Crippen molar-refractivity contribution in [3.05, 3.63) is 65.2 Å². The Morgan fingerprint density at radius 2 is 1.83 bits per heavy atom. The van der Waals surface area contributed by atoms with E-state index in [-0.39, 0.29) is 5.89 Å². The second-order valence-corrected chi connectivity index (χ2v) is 3.71. The molecule has 3 rings (SSSR count). The number of benzene rings is 1. The second kappa shape index (κ2) is 4.33. The lowest BCUT2D eigenvalue weighted by molar-refractivity contribution is 0.475. The molecule has 88 valence electrons. The van der Waals surface area contributed by atoms with Crippen molar-refractivity contribution in [2.75, 3.05) is 0 Å². The van der Waals surface area contributed by atoms with Gasteiger partial charge in [0.15, 0.2) is 5.76 Å². The van der Waals surface area contributed by atoms with E-state index in [4.69, 9.17) is 8.83 Å². The Hall–Kier alpha value is -2.62. The molecule has 0 aliphatic carbocycles. The fraction of sp³-hybridized carbons (Fsp3) is 0. The van der Waals surface area contributed by atoms with Gasteiger partial charge in [-0.1, -0.05) is 30.3 Å². The normalized spacial score (nSPS) is 10.4. The first-order valence-electron chi connectivity index (χ1n) is 5.44. The standard InChI is InChI=1S/C14H9NO3/c16-13-9-11(10-5-2-1-3-6-10)15-14(18-13)12-7-4-8-17-12/h1-9H. The van der Waals surface area contributed by atoms with E-state index in [1.165, 1.54) is 12.3 Å². The van der Waals surface area contributed by atoms with Gasteiger partial charge in [-0.2, -0.15) is 0 Å². The van der Waals surface area contributed by atoms with E-state index in [9.17, 15) is 4.79 Å². The van der Waals surface area contributed by atoms with Gasteiger partial charge in [0.05, 0.1) is 18.0 Å². The summed E-state index contributed by atoms with van der Waals surface area (Å²) in [4.78, 5) is 15.8. The number of rotatable bonds is 2. The fourth-order valence-corrected chi connectivity index (χ4v) is 1.66. The third kappa shape index (κ3) is 1.96. The minimum absolute atomic E-state index is 0.186. The lowest BCUT2D eigenvalue weighted by Gasteiger charge is -2.00. The summed E-state index contributed by atoms with van der Waals surface area (Å²) in [6, 6.07) is 14.2. The van der Waals surface area contributed by atoms with E-state index in [1.807, 2.05) is 30.3 Å². The topological polar surface area (TPSA) is 56.2 Å². The molecule has 0 atom stereocenters. The first kappa shape index (κ1) is 10.5. The quantitative estimate of drug-likeness (QED) is 0.689. The zero-order chi connectivity index (χ0) is 12.4. The molecular weight excluding hydrogens is 230 g/mol. The molecule has 2 aromatic heterocycles. The molecule has 0 amide bonds. The van der Waals surface area contributed by atoms with Gasteiger partial charge in [0.1, 0.15) is 0 Å². The first-order valence-corrected chi connectivity index (χ1v) is 5.44. The minimum atomic E-state index is -0.449. The summed E-state index contributed by atoms with van der Waals surface area (Å²) in [6.45, 7) is 0. The number of furan rings is 1. The largest absolute Gasteiger partial charge is 0.459 e. The molecule has 0 saturated heterocycles. The fourth-order valence-electron chi connectivity index (χ4n) is 1.66. The van der Waals surface area contributed by atoms with E-state index < -0.39 is 5.63 Å². The van der Waals surface area contributed by atoms with Crippen LogP contribution in [0.5, 0.6) is 0 Å². The van der Waals surface area contributed by atoms with Crippen molar-refractivity contribution in [3.63, 3.8) is 0 Å². The van der Waals surface area contributed by atoms with Crippen LogP contribution in [0.3, 0.4) is 0 Å². The van der Waals surface area contributed by atoms with Gasteiger partial charge < -0.3 is 8.83 Å². The molecule has 0 bridgehead atoms. The molecule has 0 aliphatic heterocycles. The maximum absolute atomic E-state index is 11.5. The van der Waals surface area contributed by atoms with E-state index in [0.717, 1.165) is 5.56 Å². The predicted octanol–water partition coefficient (Wildman–Crippen LogP) is 2.96. The van der Waals surface area contributed by atoms with Crippen LogP contribution in [0.1, 0.15) is 0 Å². The van der Waals surface area contributed by atoms with E-state index in [0.29, 0.717) is 11.5 Å². The first-order chi connectivity index (χ1) is 8.83. The molecule has 0 unspecified atom stereocenters. The SMILES string of the molecule is O=c1cc(-c2ccccc2)nc(-c2ccco2)o1. The van der Waals surface area contributed by atoms with Gasteiger partial charge >= 0.3 is 5.63 Å². The van der Waals surface area contributed by atoms with Gasteiger partial charge in [-0.3, -0.25) is 0 Å². The van der Waals surface area contributed by atoms with Gasteiger partial charge in [0.25, 0.3) is 5.89 Å². The Morgan fingerprint density at radius 1 is 1.00 bits per heavy atom. The molecule has 3 aromatic rings. The highest BCUT2D eigenvalue weighted by Crippen LogP contribution is 2.20. The molecule has 0 fully saturated rings. The monoisotopic (exact) mass is 239 g/mol. The molecule has 2 heterocycles. The molecule has 4 nitrogen and oxygen atoms in total. The van der Waals surface area contributed by atoms with E-state index in [1.54, 1.807) is 12.1 Å². The Labute approximate surface area is 103 Å². The molecule has 0 radical (unpaired) electrons. The zero-order valence-electron chi connectivity index (χ0n) is 9.37. The highest BCUT2D eigenvalue weighted by molar-refractivity contribution is 5.60. The van der Waals surface area contributed by atoms with Gasteiger partial charge in [-0.05, 0) is 12.1 Å². The number of aromatic nitrogens is 1. The molecular formula is C14H9NO3. The average Bonchev–Trinajstić information content (AvgIpc) is 2.93. The number of hydrogen-bond donors (Lipinski definition) is 0. The Morgan fingerprint density at radius 3 is 2.56 bits per heavy atom. The molecule has 0 N–H and O–H groups in total. The van der Waals surface area contributed by atoms with E-state index in [2.05, 4.69) is 4.98 Å². The van der Waals surface area contributed by atoms with Crippen molar-refractivity contribution in [1.29, 1.82) is 0 Å². The zero-order valence-corrected chi connectivity index (χ0v) is 9.37. The molecule has 1 aromatic carbocycles. The maximum atomic E-state index is 11.5. The number of nitrogens with zero attached hydrogens (tertiary/aromatic N) is 1. The van der Waals surface area contributed by atoms with Crippen LogP contribution in [0.2, 0.25) is 0 Å². The Balaban J connectivity index is 2.15. The smallest absolute Gasteiger partial charge is 0.339 e. The van der Waals surface area contributed by atoms with Crippen LogP contribution in [-0.4, -0.2) is 4.98 Å². The van der Waals surface area contributed by atoms with Crippen LogP contribution in [0, 0.1) is 0 Å². The summed E-state index contributed by atoms with van der Waals surface area (Å²) in [5.74, 6) is 0.622. The minimum Gasteiger partial charge on any atom is -0.459 e. The van der Waals surface area contributed by atoms with Crippen LogP contribution < -0.4 is 5.63 Å². The third-order valence-corrected chi connectivity index (χ3v) is 2.48. The van der Waals surface area contributed by atoms with Crippen molar-refractivity contribution in [2.24, 2.45) is 0 Å². The van der Waals surface area contributed by atoms with Crippen molar-refractivity contribution < 1.29 is 8.83 Å². The van der Waals surface area contributed by atoms with Crippen LogP contribution >= 0.6 is 0 Å². The number of hydrogen-bond acceptors (Lipinski definition) is 4.